The second-order valence-corrected chi connectivity index (χ2v) is 7.12. The lowest BCUT2D eigenvalue weighted by molar-refractivity contribution is -0.124. The molecule has 1 heterocycles. The van der Waals surface area contributed by atoms with Gasteiger partial charge in [0.15, 0.2) is 0 Å². The molecule has 1 aliphatic heterocycles. The van der Waals surface area contributed by atoms with Gasteiger partial charge >= 0.3 is 0 Å². The van der Waals surface area contributed by atoms with Crippen molar-refractivity contribution < 1.29 is 9.53 Å². The Bertz CT molecular complexity index is 536. The van der Waals surface area contributed by atoms with E-state index in [1.807, 2.05) is 24.3 Å². The number of amides is 1. The van der Waals surface area contributed by atoms with Gasteiger partial charge in [-0.2, -0.15) is 0 Å². The molecule has 1 amide bonds. The summed E-state index contributed by atoms with van der Waals surface area (Å²) in [5.41, 5.74) is 0.701. The van der Waals surface area contributed by atoms with E-state index in [-0.39, 0.29) is 17.4 Å². The van der Waals surface area contributed by atoms with Crippen LogP contribution in [0.4, 0.5) is 0 Å². The maximum atomic E-state index is 12.7. The Morgan fingerprint density at radius 1 is 1.50 bits per heavy atom. The Kier molecular flexibility index (Phi) is 4.74. The third-order valence-corrected chi connectivity index (χ3v) is 5.12. The van der Waals surface area contributed by atoms with Crippen LogP contribution in [0.3, 0.4) is 0 Å². The first-order valence-electron chi connectivity index (χ1n) is 8.29. The number of halogens is 1. The van der Waals surface area contributed by atoms with E-state index < -0.39 is 0 Å². The van der Waals surface area contributed by atoms with Crippen LogP contribution >= 0.6 is 11.6 Å². The van der Waals surface area contributed by atoms with Crippen LogP contribution in [0.5, 0.6) is 0 Å². The van der Waals surface area contributed by atoms with Crippen LogP contribution in [-0.4, -0.2) is 24.7 Å². The molecule has 2 atom stereocenters. The quantitative estimate of drug-likeness (QED) is 0.864. The second-order valence-electron chi connectivity index (χ2n) is 6.68. The van der Waals surface area contributed by atoms with E-state index in [9.17, 15) is 4.79 Å². The summed E-state index contributed by atoms with van der Waals surface area (Å²) in [4.78, 5) is 12.7. The Morgan fingerprint density at radius 2 is 2.32 bits per heavy atom. The van der Waals surface area contributed by atoms with Crippen LogP contribution in [0.15, 0.2) is 24.3 Å². The van der Waals surface area contributed by atoms with Gasteiger partial charge in [-0.1, -0.05) is 23.7 Å². The molecule has 1 aliphatic carbocycles. The number of rotatable bonds is 6. The molecule has 1 saturated carbocycles. The van der Waals surface area contributed by atoms with Crippen LogP contribution < -0.4 is 5.32 Å². The molecule has 0 unspecified atom stereocenters. The Hall–Kier alpha value is -1.06. The number of hydrogen-bond donors (Lipinski definition) is 1. The monoisotopic (exact) mass is 321 g/mol. The second kappa shape index (κ2) is 6.59. The topological polar surface area (TPSA) is 38.3 Å². The highest BCUT2D eigenvalue weighted by Gasteiger charge is 2.51. The minimum absolute atomic E-state index is 0.148. The van der Waals surface area contributed by atoms with Gasteiger partial charge in [-0.3, -0.25) is 4.79 Å². The first-order valence-corrected chi connectivity index (χ1v) is 8.66. The minimum Gasteiger partial charge on any atom is -0.378 e. The number of carbonyl (C=O) groups is 1. The summed E-state index contributed by atoms with van der Waals surface area (Å²) in [6.07, 6.45) is 6.56. The lowest BCUT2D eigenvalue weighted by atomic mass is 9.94. The zero-order valence-corrected chi connectivity index (χ0v) is 13.9. The van der Waals surface area contributed by atoms with Crippen molar-refractivity contribution in [2.45, 2.75) is 63.0 Å². The molecule has 0 radical (unpaired) electrons. The predicted molar refractivity (Wildman–Crippen MR) is 88.2 cm³/mol. The van der Waals surface area contributed by atoms with Gasteiger partial charge in [0, 0.05) is 17.7 Å². The van der Waals surface area contributed by atoms with Crippen molar-refractivity contribution in [2.24, 2.45) is 0 Å². The van der Waals surface area contributed by atoms with E-state index in [1.165, 1.54) is 6.42 Å². The van der Waals surface area contributed by atoms with Gasteiger partial charge in [0.2, 0.25) is 5.91 Å². The summed E-state index contributed by atoms with van der Waals surface area (Å²) in [7, 11) is 0. The van der Waals surface area contributed by atoms with Gasteiger partial charge in [-0.05, 0) is 63.1 Å². The van der Waals surface area contributed by atoms with Crippen molar-refractivity contribution in [1.29, 1.82) is 0 Å². The SMILES string of the molecule is C[C@H](CC[C@H]1CCCO1)NC(=O)C1(c2cccc(Cl)c2)CC1. The van der Waals surface area contributed by atoms with Gasteiger partial charge < -0.3 is 10.1 Å². The normalized spacial score (nSPS) is 24.0. The van der Waals surface area contributed by atoms with Crippen LogP contribution in [0, 0.1) is 0 Å². The van der Waals surface area contributed by atoms with Crippen LogP contribution in [0.25, 0.3) is 0 Å². The Balaban J connectivity index is 1.54. The van der Waals surface area contributed by atoms with E-state index >= 15 is 0 Å². The molecule has 0 aromatic heterocycles. The smallest absolute Gasteiger partial charge is 0.230 e. The standard InChI is InChI=1S/C18H24ClNO2/c1-13(7-8-16-6-3-11-22-16)20-17(21)18(9-10-18)14-4-2-5-15(19)12-14/h2,4-5,12-13,16H,3,6-11H2,1H3,(H,20,21)/t13-,16-/m1/s1. The largest absolute Gasteiger partial charge is 0.378 e. The highest BCUT2D eigenvalue weighted by atomic mass is 35.5. The molecule has 3 nitrogen and oxygen atoms in total. The lowest BCUT2D eigenvalue weighted by Crippen LogP contribution is -2.40. The summed E-state index contributed by atoms with van der Waals surface area (Å²) in [6.45, 7) is 2.98. The number of hydrogen-bond acceptors (Lipinski definition) is 2. The highest BCUT2D eigenvalue weighted by Crippen LogP contribution is 2.49. The van der Waals surface area contributed by atoms with E-state index in [0.29, 0.717) is 11.1 Å². The first-order chi connectivity index (χ1) is 10.6. The molecule has 1 saturated heterocycles. The van der Waals surface area contributed by atoms with E-state index in [4.69, 9.17) is 16.3 Å². The van der Waals surface area contributed by atoms with E-state index in [2.05, 4.69) is 12.2 Å². The van der Waals surface area contributed by atoms with Crippen LogP contribution in [-0.2, 0) is 14.9 Å². The number of nitrogens with one attached hydrogen (secondary N) is 1. The molecule has 120 valence electrons. The maximum Gasteiger partial charge on any atom is 0.230 e. The molecule has 3 rings (SSSR count). The van der Waals surface area contributed by atoms with E-state index in [1.54, 1.807) is 0 Å². The van der Waals surface area contributed by atoms with Gasteiger partial charge in [-0.25, -0.2) is 0 Å². The average Bonchev–Trinajstić information content (AvgIpc) is 3.15. The van der Waals surface area contributed by atoms with E-state index in [0.717, 1.165) is 44.3 Å². The molecule has 4 heteroatoms. The summed E-state index contributed by atoms with van der Waals surface area (Å²) in [5, 5.41) is 3.88. The molecule has 0 spiro atoms. The molecular weight excluding hydrogens is 298 g/mol. The van der Waals surface area contributed by atoms with Crippen LogP contribution in [0.2, 0.25) is 5.02 Å². The third kappa shape index (κ3) is 3.47. The molecule has 1 N–H and O–H groups in total. The molecule has 2 aliphatic rings. The van der Waals surface area contributed by atoms with Gasteiger partial charge in [0.1, 0.15) is 0 Å². The zero-order valence-electron chi connectivity index (χ0n) is 13.1. The predicted octanol–water partition coefficient (Wildman–Crippen LogP) is 3.84. The lowest BCUT2D eigenvalue weighted by Gasteiger charge is -2.21. The summed E-state index contributed by atoms with van der Waals surface area (Å²) in [5.74, 6) is 0.148. The van der Waals surface area contributed by atoms with Crippen molar-refractivity contribution in [3.8, 4) is 0 Å². The number of benzene rings is 1. The third-order valence-electron chi connectivity index (χ3n) is 4.88. The number of ether oxygens (including phenoxy) is 1. The van der Waals surface area contributed by atoms with Crippen molar-refractivity contribution >= 4 is 17.5 Å². The first kappa shape index (κ1) is 15.8. The molecule has 2 fully saturated rings. The molecule has 1 aromatic rings. The number of carbonyl (C=O) groups excluding carboxylic acids is 1. The van der Waals surface area contributed by atoms with Gasteiger partial charge in [0.25, 0.3) is 0 Å². The minimum atomic E-state index is -0.344. The summed E-state index contributed by atoms with van der Waals surface area (Å²) >= 11 is 6.07. The average molecular weight is 322 g/mol. The Morgan fingerprint density at radius 3 is 2.95 bits per heavy atom. The Labute approximate surface area is 137 Å². The van der Waals surface area contributed by atoms with Crippen molar-refractivity contribution in [3.05, 3.63) is 34.9 Å². The van der Waals surface area contributed by atoms with Gasteiger partial charge in [0.05, 0.1) is 11.5 Å². The fourth-order valence-corrected chi connectivity index (χ4v) is 3.49. The molecular formula is C18H24ClNO2. The summed E-state index contributed by atoms with van der Waals surface area (Å²) in [6, 6.07) is 7.89. The highest BCUT2D eigenvalue weighted by molar-refractivity contribution is 6.30. The fraction of sp³-hybridized carbons (Fsp3) is 0.611. The molecule has 1 aromatic carbocycles. The summed E-state index contributed by atoms with van der Waals surface area (Å²) < 4.78 is 5.64. The van der Waals surface area contributed by atoms with Crippen LogP contribution in [0.1, 0.15) is 51.0 Å². The molecule has 0 bridgehead atoms. The van der Waals surface area contributed by atoms with Crippen molar-refractivity contribution in [2.75, 3.05) is 6.61 Å². The fourth-order valence-electron chi connectivity index (χ4n) is 3.30. The molecule has 22 heavy (non-hydrogen) atoms. The zero-order chi connectivity index (χ0) is 15.6. The van der Waals surface area contributed by atoms with Crippen molar-refractivity contribution in [3.63, 3.8) is 0 Å². The van der Waals surface area contributed by atoms with Gasteiger partial charge in [-0.15, -0.1) is 0 Å². The van der Waals surface area contributed by atoms with Crippen molar-refractivity contribution in [1.82, 2.24) is 5.32 Å². The maximum absolute atomic E-state index is 12.7.